The van der Waals surface area contributed by atoms with Crippen molar-refractivity contribution < 1.29 is 9.53 Å². The van der Waals surface area contributed by atoms with Gasteiger partial charge in [-0.05, 0) is 13.3 Å². The lowest BCUT2D eigenvalue weighted by Crippen LogP contribution is -2.43. The first-order chi connectivity index (χ1) is 7.19. The summed E-state index contributed by atoms with van der Waals surface area (Å²) >= 11 is 0. The van der Waals surface area contributed by atoms with Crippen LogP contribution in [0.1, 0.15) is 20.3 Å². The van der Waals surface area contributed by atoms with Gasteiger partial charge in [-0.15, -0.1) is 0 Å². The van der Waals surface area contributed by atoms with Crippen molar-refractivity contribution >= 4 is 5.91 Å². The molecule has 1 saturated heterocycles. The van der Waals surface area contributed by atoms with E-state index in [2.05, 4.69) is 10.6 Å². The topological polar surface area (TPSA) is 50.4 Å². The Balaban J connectivity index is 2.47. The lowest BCUT2D eigenvalue weighted by molar-refractivity contribution is -0.118. The van der Waals surface area contributed by atoms with E-state index < -0.39 is 0 Å². The highest BCUT2D eigenvalue weighted by molar-refractivity contribution is 5.93. The molecule has 1 amide bonds. The predicted octanol–water partition coefficient (Wildman–Crippen LogP) is 0.446. The SMILES string of the molecule is CC/C=C(\C)C(=O)NC1CNC[C@@H]1OC. The predicted molar refractivity (Wildman–Crippen MR) is 59.6 cm³/mol. The minimum absolute atomic E-state index is 0.00704. The van der Waals surface area contributed by atoms with Gasteiger partial charge in [0, 0.05) is 25.8 Å². The fourth-order valence-electron chi connectivity index (χ4n) is 1.73. The van der Waals surface area contributed by atoms with Crippen LogP contribution in [0.25, 0.3) is 0 Å². The molecule has 1 rings (SSSR count). The van der Waals surface area contributed by atoms with Crippen LogP contribution < -0.4 is 10.6 Å². The standard InChI is InChI=1S/C11H20N2O2/c1-4-5-8(2)11(14)13-9-6-12-7-10(9)15-3/h5,9-10,12H,4,6-7H2,1-3H3,(H,13,14)/b8-5+/t9?,10-/m0/s1. The number of carbonyl (C=O) groups is 1. The summed E-state index contributed by atoms with van der Waals surface area (Å²) in [6.45, 7) is 5.44. The van der Waals surface area contributed by atoms with E-state index >= 15 is 0 Å². The first kappa shape index (κ1) is 12.2. The Morgan fingerprint density at radius 1 is 1.60 bits per heavy atom. The molecule has 0 radical (unpaired) electrons. The van der Waals surface area contributed by atoms with E-state index in [1.54, 1.807) is 7.11 Å². The molecular formula is C11H20N2O2. The maximum Gasteiger partial charge on any atom is 0.246 e. The van der Waals surface area contributed by atoms with E-state index in [9.17, 15) is 4.79 Å². The molecule has 0 bridgehead atoms. The van der Waals surface area contributed by atoms with Gasteiger partial charge in [0.2, 0.25) is 5.91 Å². The average Bonchev–Trinajstić information content (AvgIpc) is 2.65. The second kappa shape index (κ2) is 5.88. The molecular weight excluding hydrogens is 192 g/mol. The monoisotopic (exact) mass is 212 g/mol. The van der Waals surface area contributed by atoms with Crippen LogP contribution in [-0.4, -0.2) is 38.3 Å². The molecule has 1 unspecified atom stereocenters. The highest BCUT2D eigenvalue weighted by atomic mass is 16.5. The van der Waals surface area contributed by atoms with Gasteiger partial charge < -0.3 is 15.4 Å². The Kier molecular flexibility index (Phi) is 4.78. The van der Waals surface area contributed by atoms with E-state index in [0.29, 0.717) is 0 Å². The maximum atomic E-state index is 11.7. The van der Waals surface area contributed by atoms with Crippen molar-refractivity contribution in [3.63, 3.8) is 0 Å². The molecule has 0 aliphatic carbocycles. The summed E-state index contributed by atoms with van der Waals surface area (Å²) < 4.78 is 5.27. The second-order valence-electron chi connectivity index (χ2n) is 3.81. The zero-order chi connectivity index (χ0) is 11.3. The highest BCUT2D eigenvalue weighted by Crippen LogP contribution is 2.05. The first-order valence-corrected chi connectivity index (χ1v) is 5.40. The minimum Gasteiger partial charge on any atom is -0.378 e. The second-order valence-corrected chi connectivity index (χ2v) is 3.81. The van der Waals surface area contributed by atoms with Gasteiger partial charge in [0.15, 0.2) is 0 Å². The molecule has 15 heavy (non-hydrogen) atoms. The van der Waals surface area contributed by atoms with Crippen LogP contribution in [-0.2, 0) is 9.53 Å². The van der Waals surface area contributed by atoms with Gasteiger partial charge in [0.25, 0.3) is 0 Å². The van der Waals surface area contributed by atoms with E-state index in [1.165, 1.54) is 0 Å². The van der Waals surface area contributed by atoms with E-state index in [-0.39, 0.29) is 18.1 Å². The molecule has 0 saturated carbocycles. The van der Waals surface area contributed by atoms with Gasteiger partial charge in [-0.2, -0.15) is 0 Å². The Labute approximate surface area is 91.1 Å². The van der Waals surface area contributed by atoms with Crippen molar-refractivity contribution in [1.82, 2.24) is 10.6 Å². The Hall–Kier alpha value is -0.870. The van der Waals surface area contributed by atoms with Crippen LogP contribution in [0, 0.1) is 0 Å². The lowest BCUT2D eigenvalue weighted by atomic mass is 10.2. The van der Waals surface area contributed by atoms with Crippen molar-refractivity contribution in [3.8, 4) is 0 Å². The molecule has 1 fully saturated rings. The number of ether oxygens (including phenoxy) is 1. The lowest BCUT2D eigenvalue weighted by Gasteiger charge is -2.18. The number of allylic oxidation sites excluding steroid dienone is 1. The fourth-order valence-corrected chi connectivity index (χ4v) is 1.73. The van der Waals surface area contributed by atoms with Gasteiger partial charge in [-0.1, -0.05) is 13.0 Å². The maximum absolute atomic E-state index is 11.7. The number of nitrogens with one attached hydrogen (secondary N) is 2. The van der Waals surface area contributed by atoms with Crippen molar-refractivity contribution in [3.05, 3.63) is 11.6 Å². The van der Waals surface area contributed by atoms with E-state index in [1.807, 2.05) is 19.9 Å². The normalized spacial score (nSPS) is 26.7. The zero-order valence-electron chi connectivity index (χ0n) is 9.67. The van der Waals surface area contributed by atoms with Crippen molar-refractivity contribution in [2.45, 2.75) is 32.4 Å². The summed E-state index contributed by atoms with van der Waals surface area (Å²) in [6, 6.07) is 0.0858. The zero-order valence-corrected chi connectivity index (χ0v) is 9.67. The van der Waals surface area contributed by atoms with Crippen molar-refractivity contribution in [2.24, 2.45) is 0 Å². The first-order valence-electron chi connectivity index (χ1n) is 5.40. The fraction of sp³-hybridized carbons (Fsp3) is 0.727. The molecule has 0 aromatic rings. The molecule has 2 atom stereocenters. The summed E-state index contributed by atoms with van der Waals surface area (Å²) in [6.07, 6.45) is 2.90. The summed E-state index contributed by atoms with van der Waals surface area (Å²) in [5, 5.41) is 6.16. The molecule has 1 heterocycles. The third-order valence-electron chi connectivity index (χ3n) is 2.65. The molecule has 2 N–H and O–H groups in total. The van der Waals surface area contributed by atoms with Crippen LogP contribution in [0.4, 0.5) is 0 Å². The van der Waals surface area contributed by atoms with Gasteiger partial charge >= 0.3 is 0 Å². The largest absolute Gasteiger partial charge is 0.378 e. The van der Waals surface area contributed by atoms with Crippen molar-refractivity contribution in [1.29, 1.82) is 0 Å². The molecule has 0 aromatic heterocycles. The molecule has 1 aliphatic heterocycles. The molecule has 86 valence electrons. The summed E-state index contributed by atoms with van der Waals surface area (Å²) in [5.41, 5.74) is 0.777. The summed E-state index contributed by atoms with van der Waals surface area (Å²) in [4.78, 5) is 11.7. The Morgan fingerprint density at radius 2 is 2.33 bits per heavy atom. The van der Waals surface area contributed by atoms with Gasteiger partial charge in [-0.3, -0.25) is 4.79 Å². The average molecular weight is 212 g/mol. The van der Waals surface area contributed by atoms with Crippen LogP contribution >= 0.6 is 0 Å². The number of rotatable bonds is 4. The van der Waals surface area contributed by atoms with Crippen LogP contribution in [0.3, 0.4) is 0 Å². The van der Waals surface area contributed by atoms with Gasteiger partial charge in [0.1, 0.15) is 0 Å². The quantitative estimate of drug-likeness (QED) is 0.665. The number of hydrogen-bond donors (Lipinski definition) is 2. The van der Waals surface area contributed by atoms with Crippen molar-refractivity contribution in [2.75, 3.05) is 20.2 Å². The van der Waals surface area contributed by atoms with E-state index in [0.717, 1.165) is 25.1 Å². The van der Waals surface area contributed by atoms with Crippen LogP contribution in [0.15, 0.2) is 11.6 Å². The number of amides is 1. The molecule has 4 heteroatoms. The van der Waals surface area contributed by atoms with E-state index in [4.69, 9.17) is 4.74 Å². The Bertz CT molecular complexity index is 251. The highest BCUT2D eigenvalue weighted by Gasteiger charge is 2.28. The van der Waals surface area contributed by atoms with Gasteiger partial charge in [-0.25, -0.2) is 0 Å². The molecule has 4 nitrogen and oxygen atoms in total. The minimum atomic E-state index is 0.00704. The number of hydrogen-bond acceptors (Lipinski definition) is 3. The van der Waals surface area contributed by atoms with Crippen LogP contribution in [0.5, 0.6) is 0 Å². The smallest absolute Gasteiger partial charge is 0.246 e. The third-order valence-corrected chi connectivity index (χ3v) is 2.65. The molecule has 0 aromatic carbocycles. The molecule has 0 spiro atoms. The number of carbonyl (C=O) groups excluding carboxylic acids is 1. The van der Waals surface area contributed by atoms with Gasteiger partial charge in [0.05, 0.1) is 12.1 Å². The summed E-state index contributed by atoms with van der Waals surface area (Å²) in [7, 11) is 1.67. The number of methoxy groups -OCH3 is 1. The van der Waals surface area contributed by atoms with Crippen LogP contribution in [0.2, 0.25) is 0 Å². The third kappa shape index (κ3) is 3.32. The summed E-state index contributed by atoms with van der Waals surface area (Å²) in [5.74, 6) is 0.00704. The molecule has 1 aliphatic rings. The Morgan fingerprint density at radius 3 is 2.93 bits per heavy atom.